The molecule has 2 aliphatic rings. The van der Waals surface area contributed by atoms with Gasteiger partial charge in [-0.05, 0) is 18.2 Å². The fourth-order valence-corrected chi connectivity index (χ4v) is 3.49. The molecule has 7 heteroatoms. The van der Waals surface area contributed by atoms with E-state index in [4.69, 9.17) is 4.74 Å². The van der Waals surface area contributed by atoms with Crippen molar-refractivity contribution in [2.75, 3.05) is 13.2 Å². The van der Waals surface area contributed by atoms with Gasteiger partial charge in [-0.3, -0.25) is 14.5 Å². The number of imide groups is 1. The minimum atomic E-state index is -1.15. The maximum absolute atomic E-state index is 13.1. The van der Waals surface area contributed by atoms with Gasteiger partial charge in [0.05, 0.1) is 18.8 Å². The van der Waals surface area contributed by atoms with Crippen LogP contribution in [0.3, 0.4) is 0 Å². The van der Waals surface area contributed by atoms with E-state index in [9.17, 15) is 14.4 Å². The number of para-hydroxylation sites is 1. The summed E-state index contributed by atoms with van der Waals surface area (Å²) >= 11 is 0. The molecule has 0 radical (unpaired) electrons. The summed E-state index contributed by atoms with van der Waals surface area (Å²) in [5.41, 5.74) is -0.0669. The van der Waals surface area contributed by atoms with E-state index in [2.05, 4.69) is 5.32 Å². The predicted octanol–water partition coefficient (Wildman–Crippen LogP) is 1.44. The number of carbonyl (C=O) groups excluding carboxylic acids is 3. The third-order valence-electron chi connectivity index (χ3n) is 4.79. The van der Waals surface area contributed by atoms with Crippen LogP contribution in [0.4, 0.5) is 4.79 Å². The number of rotatable bonds is 3. The molecule has 3 heterocycles. The van der Waals surface area contributed by atoms with Gasteiger partial charge in [0.25, 0.3) is 5.91 Å². The average molecular weight is 339 g/mol. The van der Waals surface area contributed by atoms with Gasteiger partial charge in [0.1, 0.15) is 5.75 Å². The van der Waals surface area contributed by atoms with Gasteiger partial charge in [0.2, 0.25) is 0 Å². The molecular weight excluding hydrogens is 322 g/mol. The molecule has 4 rings (SSSR count). The number of urea groups is 1. The monoisotopic (exact) mass is 339 g/mol. The van der Waals surface area contributed by atoms with Crippen LogP contribution in [-0.4, -0.2) is 40.3 Å². The number of nitrogens with one attached hydrogen (secondary N) is 1. The third-order valence-corrected chi connectivity index (χ3v) is 4.79. The van der Waals surface area contributed by atoms with Crippen LogP contribution in [0.2, 0.25) is 0 Å². The largest absolute Gasteiger partial charge is 0.493 e. The van der Waals surface area contributed by atoms with Gasteiger partial charge in [0.15, 0.2) is 11.3 Å². The van der Waals surface area contributed by atoms with Crippen LogP contribution in [0, 0.1) is 0 Å². The Morgan fingerprint density at radius 3 is 2.80 bits per heavy atom. The second-order valence-electron chi connectivity index (χ2n) is 6.25. The molecule has 1 spiro atoms. The summed E-state index contributed by atoms with van der Waals surface area (Å²) in [5.74, 6) is -0.109. The van der Waals surface area contributed by atoms with Gasteiger partial charge in [-0.2, -0.15) is 0 Å². The number of aryl methyl sites for hydroxylation is 1. The molecule has 0 bridgehead atoms. The van der Waals surface area contributed by atoms with Gasteiger partial charge in [-0.1, -0.05) is 18.2 Å². The Balaban J connectivity index is 1.66. The highest BCUT2D eigenvalue weighted by molar-refractivity contribution is 6.11. The SMILES string of the molecule is Cn1cccc1C(=O)CN1C(=O)NC2(CCOc3ccccc32)C1=O. The molecule has 2 aliphatic heterocycles. The number of hydrogen-bond acceptors (Lipinski definition) is 4. The minimum absolute atomic E-state index is 0.284. The zero-order valence-electron chi connectivity index (χ0n) is 13.7. The summed E-state index contributed by atoms with van der Waals surface area (Å²) < 4.78 is 7.26. The molecule has 25 heavy (non-hydrogen) atoms. The minimum Gasteiger partial charge on any atom is -0.493 e. The van der Waals surface area contributed by atoms with Crippen molar-refractivity contribution in [1.29, 1.82) is 0 Å². The molecule has 2 aromatic rings. The molecule has 1 saturated heterocycles. The predicted molar refractivity (Wildman–Crippen MR) is 88.2 cm³/mol. The molecule has 1 aromatic heterocycles. The Bertz CT molecular complexity index is 888. The van der Waals surface area contributed by atoms with Crippen LogP contribution < -0.4 is 10.1 Å². The molecule has 1 aromatic carbocycles. The summed E-state index contributed by atoms with van der Waals surface area (Å²) in [5, 5.41) is 2.79. The Morgan fingerprint density at radius 2 is 2.04 bits per heavy atom. The Labute approximate surface area is 144 Å². The lowest BCUT2D eigenvalue weighted by molar-refractivity contribution is -0.132. The Morgan fingerprint density at radius 1 is 1.24 bits per heavy atom. The molecule has 7 nitrogen and oxygen atoms in total. The van der Waals surface area contributed by atoms with Crippen molar-refractivity contribution in [3.63, 3.8) is 0 Å². The summed E-state index contributed by atoms with van der Waals surface area (Å²) in [4.78, 5) is 39.0. The smallest absolute Gasteiger partial charge is 0.325 e. The number of amides is 3. The van der Waals surface area contributed by atoms with Crippen molar-refractivity contribution in [3.05, 3.63) is 53.9 Å². The van der Waals surface area contributed by atoms with Gasteiger partial charge < -0.3 is 14.6 Å². The van der Waals surface area contributed by atoms with Crippen LogP contribution in [0.15, 0.2) is 42.6 Å². The number of Topliss-reactive ketones (excluding diaryl/α,β-unsaturated/α-hetero) is 1. The Hall–Kier alpha value is -3.09. The number of carbonyl (C=O) groups is 3. The number of ether oxygens (including phenoxy) is 1. The lowest BCUT2D eigenvalue weighted by atomic mass is 9.84. The lowest BCUT2D eigenvalue weighted by Crippen LogP contribution is -2.47. The van der Waals surface area contributed by atoms with E-state index in [0.29, 0.717) is 30.0 Å². The highest BCUT2D eigenvalue weighted by Gasteiger charge is 2.55. The lowest BCUT2D eigenvalue weighted by Gasteiger charge is -2.33. The van der Waals surface area contributed by atoms with Crippen LogP contribution in [0.5, 0.6) is 5.75 Å². The van der Waals surface area contributed by atoms with Crippen molar-refractivity contribution in [2.24, 2.45) is 7.05 Å². The highest BCUT2D eigenvalue weighted by atomic mass is 16.5. The van der Waals surface area contributed by atoms with Gasteiger partial charge >= 0.3 is 6.03 Å². The van der Waals surface area contributed by atoms with Crippen molar-refractivity contribution >= 4 is 17.7 Å². The van der Waals surface area contributed by atoms with E-state index < -0.39 is 17.5 Å². The van der Waals surface area contributed by atoms with E-state index in [-0.39, 0.29) is 12.3 Å². The number of benzene rings is 1. The van der Waals surface area contributed by atoms with Crippen molar-refractivity contribution in [3.8, 4) is 5.75 Å². The van der Waals surface area contributed by atoms with E-state index in [1.807, 2.05) is 6.07 Å². The maximum Gasteiger partial charge on any atom is 0.325 e. The number of fused-ring (bicyclic) bond motifs is 2. The first kappa shape index (κ1) is 15.4. The molecule has 1 N–H and O–H groups in total. The topological polar surface area (TPSA) is 80.6 Å². The van der Waals surface area contributed by atoms with E-state index >= 15 is 0 Å². The van der Waals surface area contributed by atoms with Gasteiger partial charge in [-0.15, -0.1) is 0 Å². The normalized spacial score (nSPS) is 21.9. The summed E-state index contributed by atoms with van der Waals surface area (Å²) in [6.07, 6.45) is 2.08. The first-order valence-electron chi connectivity index (χ1n) is 8.04. The molecular formula is C18H17N3O4. The first-order chi connectivity index (χ1) is 12.0. The molecule has 1 fully saturated rings. The van der Waals surface area contributed by atoms with Gasteiger partial charge in [-0.25, -0.2) is 4.79 Å². The van der Waals surface area contributed by atoms with Crippen molar-refractivity contribution in [1.82, 2.24) is 14.8 Å². The van der Waals surface area contributed by atoms with Crippen LogP contribution in [0.1, 0.15) is 22.5 Å². The first-order valence-corrected chi connectivity index (χ1v) is 8.04. The van der Waals surface area contributed by atoms with Gasteiger partial charge in [0, 0.05) is 25.2 Å². The Kier molecular flexibility index (Phi) is 3.38. The average Bonchev–Trinajstić information content (AvgIpc) is 3.13. The fourth-order valence-electron chi connectivity index (χ4n) is 3.49. The number of ketones is 1. The van der Waals surface area contributed by atoms with E-state index in [1.54, 1.807) is 48.1 Å². The molecule has 1 atom stereocenters. The van der Waals surface area contributed by atoms with Crippen LogP contribution in [0.25, 0.3) is 0 Å². The van der Waals surface area contributed by atoms with Crippen LogP contribution >= 0.6 is 0 Å². The quantitative estimate of drug-likeness (QED) is 0.678. The molecule has 0 saturated carbocycles. The summed E-state index contributed by atoms with van der Waals surface area (Å²) in [7, 11) is 1.75. The zero-order valence-corrected chi connectivity index (χ0v) is 13.7. The molecule has 1 unspecified atom stereocenters. The maximum atomic E-state index is 13.1. The van der Waals surface area contributed by atoms with E-state index in [0.717, 1.165) is 4.90 Å². The molecule has 3 amide bonds. The fraction of sp³-hybridized carbons (Fsp3) is 0.278. The summed E-state index contributed by atoms with van der Waals surface area (Å²) in [6, 6.07) is 10.0. The van der Waals surface area contributed by atoms with Crippen molar-refractivity contribution < 1.29 is 19.1 Å². The standard InChI is InChI=1S/C18H17N3O4/c1-20-9-4-6-13(20)14(22)11-21-16(23)18(19-17(21)24)8-10-25-15-7-3-2-5-12(15)18/h2-7,9H,8,10-11H2,1H3,(H,19,24). The van der Waals surface area contributed by atoms with E-state index in [1.165, 1.54) is 0 Å². The zero-order chi connectivity index (χ0) is 17.6. The van der Waals surface area contributed by atoms with Crippen molar-refractivity contribution in [2.45, 2.75) is 12.0 Å². The summed E-state index contributed by atoms with van der Waals surface area (Å²) in [6.45, 7) is 0.0376. The molecule has 128 valence electrons. The third kappa shape index (κ3) is 2.23. The number of nitrogens with zero attached hydrogens (tertiary/aromatic N) is 2. The van der Waals surface area contributed by atoms with Crippen LogP contribution in [-0.2, 0) is 17.4 Å². The molecule has 0 aliphatic carbocycles. The highest BCUT2D eigenvalue weighted by Crippen LogP contribution is 2.40. The second kappa shape index (κ2) is 5.47. The number of aromatic nitrogens is 1. The second-order valence-corrected chi connectivity index (χ2v) is 6.25. The number of hydrogen-bond donors (Lipinski definition) is 1.